The lowest BCUT2D eigenvalue weighted by molar-refractivity contribution is 0.582. The predicted octanol–water partition coefficient (Wildman–Crippen LogP) is 6.97. The summed E-state index contributed by atoms with van der Waals surface area (Å²) in [5.41, 5.74) is 3.49. The minimum atomic E-state index is 0.446. The van der Waals surface area contributed by atoms with E-state index in [1.165, 1.54) is 0 Å². The third-order valence-corrected chi connectivity index (χ3v) is 5.29. The average Bonchev–Trinajstić information content (AvgIpc) is 3.44. The van der Waals surface area contributed by atoms with Crippen LogP contribution in [0.3, 0.4) is 0 Å². The highest BCUT2D eigenvalue weighted by Gasteiger charge is 2.23. The van der Waals surface area contributed by atoms with Crippen molar-refractivity contribution in [3.63, 3.8) is 0 Å². The van der Waals surface area contributed by atoms with Crippen molar-refractivity contribution in [2.24, 2.45) is 0 Å². The minimum Gasteiger partial charge on any atom is -0.455 e. The zero-order chi connectivity index (χ0) is 19.9. The fourth-order valence-corrected chi connectivity index (χ4v) is 3.90. The number of nitrogens with zero attached hydrogens (tertiary/aromatic N) is 2. The Bertz CT molecular complexity index is 1490. The number of benzene rings is 4. The number of rotatable bonds is 3. The monoisotopic (exact) mass is 388 g/mol. The highest BCUT2D eigenvalue weighted by Crippen LogP contribution is 2.41. The Morgan fingerprint density at radius 1 is 0.533 bits per heavy atom. The first-order valence-electron chi connectivity index (χ1n) is 9.77. The molecule has 142 valence electrons. The van der Waals surface area contributed by atoms with Crippen LogP contribution in [0.2, 0.25) is 0 Å². The molecule has 2 heterocycles. The fourth-order valence-electron chi connectivity index (χ4n) is 3.90. The first-order chi connectivity index (χ1) is 14.9. The van der Waals surface area contributed by atoms with Gasteiger partial charge in [0.2, 0.25) is 5.89 Å². The third-order valence-electron chi connectivity index (χ3n) is 5.29. The lowest BCUT2D eigenvalue weighted by atomic mass is 10.0. The second kappa shape index (κ2) is 6.71. The zero-order valence-corrected chi connectivity index (χ0v) is 15.9. The van der Waals surface area contributed by atoms with Crippen LogP contribution in [-0.4, -0.2) is 10.2 Å². The van der Waals surface area contributed by atoms with Gasteiger partial charge in [-0.15, -0.1) is 10.2 Å². The van der Waals surface area contributed by atoms with Gasteiger partial charge in [-0.3, -0.25) is 0 Å². The molecule has 0 fully saturated rings. The van der Waals surface area contributed by atoms with E-state index in [9.17, 15) is 0 Å². The largest absolute Gasteiger partial charge is 0.455 e. The molecule has 0 aliphatic carbocycles. The normalized spacial score (nSPS) is 11.3. The van der Waals surface area contributed by atoms with Crippen molar-refractivity contribution in [2.75, 3.05) is 0 Å². The van der Waals surface area contributed by atoms with Gasteiger partial charge in [0.1, 0.15) is 11.3 Å². The molecular formula is C26H16N2O2. The molecule has 30 heavy (non-hydrogen) atoms. The lowest BCUT2D eigenvalue weighted by Gasteiger charge is -2.02. The van der Waals surface area contributed by atoms with E-state index in [2.05, 4.69) is 28.4 Å². The second-order valence-electron chi connectivity index (χ2n) is 7.11. The first-order valence-corrected chi connectivity index (χ1v) is 9.77. The summed E-state index contributed by atoms with van der Waals surface area (Å²) in [7, 11) is 0. The molecule has 0 saturated heterocycles. The molecule has 0 bridgehead atoms. The van der Waals surface area contributed by atoms with Gasteiger partial charge in [0.25, 0.3) is 5.89 Å². The van der Waals surface area contributed by atoms with Gasteiger partial charge in [-0.05, 0) is 22.9 Å². The van der Waals surface area contributed by atoms with E-state index < -0.39 is 0 Å². The molecule has 2 aromatic heterocycles. The Morgan fingerprint density at radius 2 is 1.23 bits per heavy atom. The average molecular weight is 388 g/mol. The molecule has 0 aliphatic heterocycles. The van der Waals surface area contributed by atoms with Crippen molar-refractivity contribution in [2.45, 2.75) is 0 Å². The molecule has 0 radical (unpaired) electrons. The van der Waals surface area contributed by atoms with Crippen LogP contribution in [0.1, 0.15) is 0 Å². The Hall–Kier alpha value is -4.18. The Balaban J connectivity index is 1.57. The molecule has 4 heteroatoms. The molecule has 4 aromatic carbocycles. The highest BCUT2D eigenvalue weighted by atomic mass is 16.4. The van der Waals surface area contributed by atoms with Crippen LogP contribution in [0, 0.1) is 0 Å². The van der Waals surface area contributed by atoms with Gasteiger partial charge in [0, 0.05) is 16.5 Å². The van der Waals surface area contributed by atoms with Gasteiger partial charge in [-0.2, -0.15) is 0 Å². The predicted molar refractivity (Wildman–Crippen MR) is 118 cm³/mol. The van der Waals surface area contributed by atoms with Crippen LogP contribution in [0.4, 0.5) is 0 Å². The van der Waals surface area contributed by atoms with Gasteiger partial charge < -0.3 is 8.83 Å². The zero-order valence-electron chi connectivity index (χ0n) is 15.9. The second-order valence-corrected chi connectivity index (χ2v) is 7.11. The summed E-state index contributed by atoms with van der Waals surface area (Å²) < 4.78 is 12.4. The van der Waals surface area contributed by atoms with Gasteiger partial charge in [0.15, 0.2) is 0 Å². The third kappa shape index (κ3) is 2.62. The molecule has 4 nitrogen and oxygen atoms in total. The number of fused-ring (bicyclic) bond motifs is 2. The Morgan fingerprint density at radius 3 is 2.13 bits per heavy atom. The maximum absolute atomic E-state index is 6.21. The van der Waals surface area contributed by atoms with E-state index in [0.717, 1.165) is 44.2 Å². The van der Waals surface area contributed by atoms with Crippen LogP contribution < -0.4 is 0 Å². The van der Waals surface area contributed by atoms with E-state index in [1.807, 2.05) is 78.9 Å². The summed E-state index contributed by atoms with van der Waals surface area (Å²) in [4.78, 5) is 0. The maximum Gasteiger partial charge on any atom is 0.252 e. The molecule has 0 saturated carbocycles. The summed E-state index contributed by atoms with van der Waals surface area (Å²) in [6.07, 6.45) is 0. The van der Waals surface area contributed by atoms with Crippen molar-refractivity contribution in [1.82, 2.24) is 10.2 Å². The summed E-state index contributed by atoms with van der Waals surface area (Å²) in [6, 6.07) is 32.2. The van der Waals surface area contributed by atoms with Crippen molar-refractivity contribution in [3.05, 3.63) is 97.1 Å². The van der Waals surface area contributed by atoms with Gasteiger partial charge in [-0.1, -0.05) is 84.9 Å². The van der Waals surface area contributed by atoms with Crippen LogP contribution in [0.5, 0.6) is 0 Å². The van der Waals surface area contributed by atoms with Crippen molar-refractivity contribution < 1.29 is 8.83 Å². The van der Waals surface area contributed by atoms with E-state index in [1.54, 1.807) is 0 Å². The molecule has 0 spiro atoms. The van der Waals surface area contributed by atoms with Crippen LogP contribution >= 0.6 is 0 Å². The summed E-state index contributed by atoms with van der Waals surface area (Å²) in [5.74, 6) is 1.66. The smallest absolute Gasteiger partial charge is 0.252 e. The minimum absolute atomic E-state index is 0.446. The number of hydrogen-bond donors (Lipinski definition) is 0. The SMILES string of the molecule is c1ccc(-c2oc3ccccc3c2-c2nnc(-c3cccc4ccccc34)o2)cc1. The lowest BCUT2D eigenvalue weighted by Crippen LogP contribution is -1.81. The molecule has 0 N–H and O–H groups in total. The number of hydrogen-bond acceptors (Lipinski definition) is 4. The van der Waals surface area contributed by atoms with E-state index in [0.29, 0.717) is 11.8 Å². The fraction of sp³-hybridized carbons (Fsp3) is 0. The van der Waals surface area contributed by atoms with E-state index in [-0.39, 0.29) is 0 Å². The van der Waals surface area contributed by atoms with Crippen molar-refractivity contribution in [3.8, 4) is 34.2 Å². The van der Waals surface area contributed by atoms with Crippen molar-refractivity contribution in [1.29, 1.82) is 0 Å². The van der Waals surface area contributed by atoms with Gasteiger partial charge in [0.05, 0.1) is 5.56 Å². The maximum atomic E-state index is 6.21. The molecule has 6 rings (SSSR count). The van der Waals surface area contributed by atoms with Gasteiger partial charge in [-0.25, -0.2) is 0 Å². The molecule has 0 aliphatic rings. The molecule has 0 unspecified atom stereocenters. The highest BCUT2D eigenvalue weighted by molar-refractivity contribution is 6.00. The van der Waals surface area contributed by atoms with E-state index in [4.69, 9.17) is 8.83 Å². The topological polar surface area (TPSA) is 52.1 Å². The Labute approximate surface area is 172 Å². The van der Waals surface area contributed by atoms with E-state index >= 15 is 0 Å². The van der Waals surface area contributed by atoms with Crippen molar-refractivity contribution >= 4 is 21.7 Å². The van der Waals surface area contributed by atoms with Gasteiger partial charge >= 0.3 is 0 Å². The quantitative estimate of drug-likeness (QED) is 0.328. The number of aromatic nitrogens is 2. The number of para-hydroxylation sites is 1. The van der Waals surface area contributed by atoms with Crippen LogP contribution in [0.15, 0.2) is 106 Å². The Kier molecular flexibility index (Phi) is 3.74. The molecule has 0 amide bonds. The molecular weight excluding hydrogens is 372 g/mol. The summed E-state index contributed by atoms with van der Waals surface area (Å²) in [5, 5.41) is 11.9. The first kappa shape index (κ1) is 16.7. The number of furan rings is 1. The van der Waals surface area contributed by atoms with Crippen LogP contribution in [-0.2, 0) is 0 Å². The summed E-state index contributed by atoms with van der Waals surface area (Å²) >= 11 is 0. The summed E-state index contributed by atoms with van der Waals surface area (Å²) in [6.45, 7) is 0. The standard InChI is InChI=1S/C26H16N2O2/c1-2-10-18(11-3-1)24-23(21-14-6-7-16-22(21)29-24)26-28-27-25(30-26)20-15-8-12-17-9-4-5-13-19(17)20/h1-16H. The molecule has 6 aromatic rings. The van der Waals surface area contributed by atoms with Crippen LogP contribution in [0.25, 0.3) is 56.0 Å². The molecule has 0 atom stereocenters.